The number of rotatable bonds is 2. The number of H-pyrrole nitrogens is 1. The molecule has 2 fully saturated rings. The van der Waals surface area contributed by atoms with Crippen LogP contribution in [-0.4, -0.2) is 21.7 Å². The quantitative estimate of drug-likeness (QED) is 0.891. The first kappa shape index (κ1) is 13.5. The Morgan fingerprint density at radius 1 is 1.41 bits per heavy atom. The summed E-state index contributed by atoms with van der Waals surface area (Å²) >= 11 is 0. The molecule has 5 heteroatoms. The van der Waals surface area contributed by atoms with Crippen LogP contribution in [0.4, 0.5) is 0 Å². The molecule has 1 aromatic heterocycles. The Balaban J connectivity index is 1.91. The number of nitrogens with zero attached hydrogens (tertiary/aromatic N) is 1. The van der Waals surface area contributed by atoms with Gasteiger partial charge in [0.15, 0.2) is 0 Å². The van der Waals surface area contributed by atoms with Crippen molar-refractivity contribution in [2.45, 2.75) is 38.5 Å². The van der Waals surface area contributed by atoms with E-state index in [0.717, 1.165) is 29.7 Å². The predicted molar refractivity (Wildman–Crippen MR) is 82.4 cm³/mol. The Morgan fingerprint density at radius 3 is 2.77 bits per heavy atom. The van der Waals surface area contributed by atoms with Crippen LogP contribution in [-0.2, 0) is 10.2 Å². The summed E-state index contributed by atoms with van der Waals surface area (Å²) in [7, 11) is 0. The molecular formula is C17H19N3O2. The van der Waals surface area contributed by atoms with E-state index in [0.29, 0.717) is 23.7 Å². The van der Waals surface area contributed by atoms with E-state index in [1.54, 1.807) is 18.2 Å². The van der Waals surface area contributed by atoms with Gasteiger partial charge in [0.2, 0.25) is 5.91 Å². The van der Waals surface area contributed by atoms with Gasteiger partial charge in [-0.1, -0.05) is 13.8 Å². The lowest BCUT2D eigenvalue weighted by Crippen LogP contribution is -2.41. The van der Waals surface area contributed by atoms with Gasteiger partial charge in [0.05, 0.1) is 16.4 Å². The van der Waals surface area contributed by atoms with E-state index in [-0.39, 0.29) is 5.41 Å². The zero-order valence-electron chi connectivity index (χ0n) is 12.8. The van der Waals surface area contributed by atoms with Gasteiger partial charge in [0, 0.05) is 12.0 Å². The number of carbonyl (C=O) groups is 2. The maximum atomic E-state index is 12.7. The number of benzene rings is 1. The van der Waals surface area contributed by atoms with Crippen molar-refractivity contribution < 1.29 is 9.59 Å². The fourth-order valence-electron chi connectivity index (χ4n) is 4.60. The number of Topliss-reactive ketones (excluding diaryl/α,β-unsaturated/α-hetero) is 1. The minimum Gasteiger partial charge on any atom is -0.366 e. The molecule has 1 amide bonds. The molecule has 3 N–H and O–H groups in total. The average molecular weight is 297 g/mol. The third-order valence-corrected chi connectivity index (χ3v) is 6.07. The molecule has 0 saturated heterocycles. The highest BCUT2D eigenvalue weighted by Crippen LogP contribution is 2.64. The highest BCUT2D eigenvalue weighted by atomic mass is 16.1. The summed E-state index contributed by atoms with van der Waals surface area (Å²) in [5.74, 6) is 1.02. The lowest BCUT2D eigenvalue weighted by molar-refractivity contribution is -0.124. The van der Waals surface area contributed by atoms with E-state index in [1.807, 2.05) is 0 Å². The Morgan fingerprint density at radius 2 is 2.18 bits per heavy atom. The Hall–Kier alpha value is -2.17. The summed E-state index contributed by atoms with van der Waals surface area (Å²) in [6, 6.07) is 5.17. The second-order valence-electron chi connectivity index (χ2n) is 7.17. The van der Waals surface area contributed by atoms with Crippen molar-refractivity contribution in [2.24, 2.45) is 17.1 Å². The SMILES string of the molecule is CC1(C)C2CCC1(c1nc3ccc(C(N)=O)cc3[nH]1)C(=O)C2. The summed E-state index contributed by atoms with van der Waals surface area (Å²) in [5.41, 5.74) is 6.72. The highest BCUT2D eigenvalue weighted by Gasteiger charge is 2.66. The molecule has 0 radical (unpaired) electrons. The molecule has 2 aromatic rings. The first-order valence-electron chi connectivity index (χ1n) is 7.69. The number of imidazole rings is 1. The van der Waals surface area contributed by atoms with Gasteiger partial charge in [0.25, 0.3) is 0 Å². The molecule has 1 heterocycles. The summed E-state index contributed by atoms with van der Waals surface area (Å²) in [6.07, 6.45) is 2.57. The van der Waals surface area contributed by atoms with Gasteiger partial charge < -0.3 is 10.7 Å². The first-order valence-corrected chi connectivity index (χ1v) is 7.69. The molecule has 22 heavy (non-hydrogen) atoms. The number of nitrogens with one attached hydrogen (secondary N) is 1. The van der Waals surface area contributed by atoms with Crippen molar-refractivity contribution in [3.05, 3.63) is 29.6 Å². The molecular weight excluding hydrogens is 278 g/mol. The molecule has 2 bridgehead atoms. The number of primary amides is 1. The molecule has 0 aliphatic heterocycles. The molecule has 2 unspecified atom stereocenters. The second-order valence-corrected chi connectivity index (χ2v) is 7.17. The Labute approximate surface area is 128 Å². The summed E-state index contributed by atoms with van der Waals surface area (Å²) in [5, 5.41) is 0. The van der Waals surface area contributed by atoms with Gasteiger partial charge in [0.1, 0.15) is 11.6 Å². The van der Waals surface area contributed by atoms with E-state index in [1.165, 1.54) is 0 Å². The van der Waals surface area contributed by atoms with Crippen LogP contribution in [0, 0.1) is 11.3 Å². The maximum absolute atomic E-state index is 12.7. The number of nitrogens with two attached hydrogens (primary N) is 1. The normalized spacial score (nSPS) is 29.4. The molecule has 2 atom stereocenters. The molecule has 2 aliphatic rings. The zero-order valence-corrected chi connectivity index (χ0v) is 12.8. The largest absolute Gasteiger partial charge is 0.366 e. The number of fused-ring (bicyclic) bond motifs is 3. The van der Waals surface area contributed by atoms with Crippen molar-refractivity contribution in [3.63, 3.8) is 0 Å². The van der Waals surface area contributed by atoms with Crippen LogP contribution >= 0.6 is 0 Å². The number of amides is 1. The van der Waals surface area contributed by atoms with Gasteiger partial charge in [-0.05, 0) is 42.4 Å². The molecule has 0 spiro atoms. The molecule has 1 aromatic carbocycles. The van der Waals surface area contributed by atoms with E-state index in [2.05, 4.69) is 23.8 Å². The van der Waals surface area contributed by atoms with Crippen molar-refractivity contribution in [1.82, 2.24) is 9.97 Å². The topological polar surface area (TPSA) is 88.8 Å². The molecule has 114 valence electrons. The van der Waals surface area contributed by atoms with Gasteiger partial charge in [-0.25, -0.2) is 4.98 Å². The van der Waals surface area contributed by atoms with Crippen molar-refractivity contribution >= 4 is 22.7 Å². The molecule has 2 saturated carbocycles. The van der Waals surface area contributed by atoms with Gasteiger partial charge >= 0.3 is 0 Å². The minimum absolute atomic E-state index is 0.0789. The van der Waals surface area contributed by atoms with Crippen LogP contribution in [0.2, 0.25) is 0 Å². The van der Waals surface area contributed by atoms with Crippen LogP contribution in [0.25, 0.3) is 11.0 Å². The number of aromatic nitrogens is 2. The standard InChI is InChI=1S/C17H19N3O2/c1-16(2)10-5-6-17(16,13(21)8-10)15-19-11-4-3-9(14(18)22)7-12(11)20-15/h3-4,7,10H,5-6,8H2,1-2H3,(H2,18,22)(H,19,20). The summed E-state index contributed by atoms with van der Waals surface area (Å²) < 4.78 is 0. The van der Waals surface area contributed by atoms with Crippen molar-refractivity contribution in [1.29, 1.82) is 0 Å². The van der Waals surface area contributed by atoms with Crippen LogP contribution in [0.5, 0.6) is 0 Å². The van der Waals surface area contributed by atoms with E-state index in [4.69, 9.17) is 5.73 Å². The monoisotopic (exact) mass is 297 g/mol. The Bertz CT molecular complexity index is 820. The Kier molecular flexibility index (Phi) is 2.43. The van der Waals surface area contributed by atoms with Gasteiger partial charge in [-0.15, -0.1) is 0 Å². The minimum atomic E-state index is -0.510. The summed E-state index contributed by atoms with van der Waals surface area (Å²) in [4.78, 5) is 32.0. The molecule has 5 nitrogen and oxygen atoms in total. The smallest absolute Gasteiger partial charge is 0.248 e. The third-order valence-electron chi connectivity index (χ3n) is 6.07. The van der Waals surface area contributed by atoms with E-state index < -0.39 is 11.3 Å². The van der Waals surface area contributed by atoms with Gasteiger partial charge in [-0.3, -0.25) is 9.59 Å². The number of aromatic amines is 1. The van der Waals surface area contributed by atoms with Crippen molar-refractivity contribution in [3.8, 4) is 0 Å². The van der Waals surface area contributed by atoms with E-state index >= 15 is 0 Å². The fraction of sp³-hybridized carbons (Fsp3) is 0.471. The number of hydrogen-bond acceptors (Lipinski definition) is 3. The number of ketones is 1. The lowest BCUT2D eigenvalue weighted by Gasteiger charge is -2.34. The second kappa shape index (κ2) is 3.97. The first-order chi connectivity index (χ1) is 10.4. The fourth-order valence-corrected chi connectivity index (χ4v) is 4.60. The number of hydrogen-bond donors (Lipinski definition) is 2. The summed E-state index contributed by atoms with van der Waals surface area (Å²) in [6.45, 7) is 4.36. The van der Waals surface area contributed by atoms with Gasteiger partial charge in [-0.2, -0.15) is 0 Å². The maximum Gasteiger partial charge on any atom is 0.248 e. The zero-order chi connectivity index (χ0) is 15.7. The van der Waals surface area contributed by atoms with E-state index in [9.17, 15) is 9.59 Å². The van der Waals surface area contributed by atoms with Crippen LogP contribution in [0.1, 0.15) is 49.3 Å². The molecule has 2 aliphatic carbocycles. The highest BCUT2D eigenvalue weighted by molar-refractivity contribution is 5.97. The average Bonchev–Trinajstić information content (AvgIpc) is 3.04. The van der Waals surface area contributed by atoms with Crippen LogP contribution in [0.3, 0.4) is 0 Å². The van der Waals surface area contributed by atoms with Crippen LogP contribution in [0.15, 0.2) is 18.2 Å². The third kappa shape index (κ3) is 1.41. The van der Waals surface area contributed by atoms with Crippen LogP contribution < -0.4 is 5.73 Å². The number of carbonyl (C=O) groups excluding carboxylic acids is 2. The molecule has 4 rings (SSSR count). The lowest BCUT2D eigenvalue weighted by atomic mass is 9.68. The van der Waals surface area contributed by atoms with Crippen molar-refractivity contribution in [2.75, 3.05) is 0 Å². The predicted octanol–water partition coefficient (Wildman–Crippen LogP) is 2.31.